The van der Waals surface area contributed by atoms with Crippen molar-refractivity contribution in [2.75, 3.05) is 21.6 Å². The van der Waals surface area contributed by atoms with Gasteiger partial charge in [-0.3, -0.25) is 13.9 Å². The van der Waals surface area contributed by atoms with Gasteiger partial charge in [-0.2, -0.15) is 0 Å². The number of thioether (sulfide) groups is 1. The van der Waals surface area contributed by atoms with Gasteiger partial charge in [0, 0.05) is 18.3 Å². The summed E-state index contributed by atoms with van der Waals surface area (Å²) < 4.78 is 27.5. The highest BCUT2D eigenvalue weighted by atomic mass is 32.2. The monoisotopic (exact) mass is 473 g/mol. The fraction of sp³-hybridized carbons (Fsp3) is 0.238. The van der Waals surface area contributed by atoms with Gasteiger partial charge in [0.25, 0.3) is 0 Å². The number of amides is 1. The molecule has 1 N–H and O–H groups in total. The maximum absolute atomic E-state index is 12.3. The highest BCUT2D eigenvalue weighted by Crippen LogP contribution is 2.22. The fourth-order valence-electron chi connectivity index (χ4n) is 2.85. The van der Waals surface area contributed by atoms with E-state index in [0.29, 0.717) is 27.9 Å². The van der Waals surface area contributed by atoms with E-state index in [1.165, 1.54) is 23.0 Å². The summed E-state index contributed by atoms with van der Waals surface area (Å²) in [4.78, 5) is 23.6. The Kier molecular flexibility index (Phi) is 7.31. The van der Waals surface area contributed by atoms with E-state index in [1.807, 2.05) is 6.07 Å². The van der Waals surface area contributed by atoms with Gasteiger partial charge in [0.2, 0.25) is 15.9 Å². The van der Waals surface area contributed by atoms with Crippen LogP contribution in [0.4, 0.5) is 11.4 Å². The molecule has 1 heterocycles. The topological polar surface area (TPSA) is 114 Å². The molecule has 0 radical (unpaired) electrons. The van der Waals surface area contributed by atoms with Crippen molar-refractivity contribution in [3.8, 4) is 0 Å². The van der Waals surface area contributed by atoms with Crippen LogP contribution >= 0.6 is 11.8 Å². The van der Waals surface area contributed by atoms with Crippen molar-refractivity contribution in [3.05, 3.63) is 66.0 Å². The highest BCUT2D eigenvalue weighted by molar-refractivity contribution is 7.99. The molecule has 9 nitrogen and oxygen atoms in total. The molecule has 0 aliphatic rings. The van der Waals surface area contributed by atoms with Gasteiger partial charge in [-0.05, 0) is 43.3 Å². The lowest BCUT2D eigenvalue weighted by atomic mass is 10.1. The van der Waals surface area contributed by atoms with E-state index in [9.17, 15) is 18.0 Å². The Balaban J connectivity index is 1.64. The van der Waals surface area contributed by atoms with Gasteiger partial charge in [-0.25, -0.2) is 8.42 Å². The van der Waals surface area contributed by atoms with Crippen LogP contribution in [0.15, 0.2) is 59.8 Å². The van der Waals surface area contributed by atoms with E-state index < -0.39 is 10.0 Å². The summed E-state index contributed by atoms with van der Waals surface area (Å²) in [6, 6.07) is 15.4. The van der Waals surface area contributed by atoms with Gasteiger partial charge in [0.1, 0.15) is 0 Å². The molecule has 11 heteroatoms. The predicted molar refractivity (Wildman–Crippen MR) is 124 cm³/mol. The van der Waals surface area contributed by atoms with Crippen molar-refractivity contribution in [1.29, 1.82) is 0 Å². The summed E-state index contributed by atoms with van der Waals surface area (Å²) in [5, 5.41) is 11.4. The maximum atomic E-state index is 12.3. The van der Waals surface area contributed by atoms with Crippen LogP contribution in [0.2, 0.25) is 0 Å². The third kappa shape index (κ3) is 5.95. The molecule has 32 heavy (non-hydrogen) atoms. The summed E-state index contributed by atoms with van der Waals surface area (Å²) in [6.07, 6.45) is 1.14. The molecule has 0 bridgehead atoms. The number of rotatable bonds is 9. The number of nitrogens with zero attached hydrogens (tertiary/aromatic N) is 4. The second-order valence-corrected chi connectivity index (χ2v) is 9.88. The maximum Gasteiger partial charge on any atom is 0.234 e. The van der Waals surface area contributed by atoms with Crippen molar-refractivity contribution in [2.45, 2.75) is 18.6 Å². The zero-order valence-electron chi connectivity index (χ0n) is 17.8. The number of carbonyl (C=O) groups excluding carboxylic acids is 2. The Labute approximate surface area is 190 Å². The Bertz CT molecular complexity index is 1210. The lowest BCUT2D eigenvalue weighted by molar-refractivity contribution is -0.113. The zero-order chi connectivity index (χ0) is 23.3. The van der Waals surface area contributed by atoms with Crippen molar-refractivity contribution in [2.24, 2.45) is 7.05 Å². The molecule has 0 aliphatic heterocycles. The predicted octanol–water partition coefficient (Wildman–Crippen LogP) is 2.71. The summed E-state index contributed by atoms with van der Waals surface area (Å²) >= 11 is 1.19. The normalized spacial score (nSPS) is 11.2. The SMILES string of the molecule is CC(=O)c1ccc(NC(=O)CSc2nnc(CN(c3ccccc3)S(C)(=O)=O)n2C)cc1. The number of para-hydroxylation sites is 1. The largest absolute Gasteiger partial charge is 0.325 e. The summed E-state index contributed by atoms with van der Waals surface area (Å²) in [5.74, 6) is 0.256. The fourth-order valence-corrected chi connectivity index (χ4v) is 4.43. The molecule has 3 rings (SSSR count). The molecule has 0 spiro atoms. The van der Waals surface area contributed by atoms with E-state index in [0.717, 1.165) is 6.26 Å². The van der Waals surface area contributed by atoms with E-state index in [4.69, 9.17) is 0 Å². The molecule has 0 fully saturated rings. The smallest absolute Gasteiger partial charge is 0.234 e. The minimum Gasteiger partial charge on any atom is -0.325 e. The van der Waals surface area contributed by atoms with Crippen LogP contribution in [0.25, 0.3) is 0 Å². The first-order valence-electron chi connectivity index (χ1n) is 9.60. The van der Waals surface area contributed by atoms with Crippen molar-refractivity contribution >= 4 is 44.9 Å². The minimum absolute atomic E-state index is 0.0155. The van der Waals surface area contributed by atoms with Gasteiger partial charge in [0.15, 0.2) is 16.8 Å². The number of hydrogen-bond donors (Lipinski definition) is 1. The van der Waals surface area contributed by atoms with Crippen molar-refractivity contribution < 1.29 is 18.0 Å². The number of benzene rings is 2. The molecule has 0 unspecified atom stereocenters. The molecule has 1 aromatic heterocycles. The van der Waals surface area contributed by atoms with Crippen LogP contribution in [0.3, 0.4) is 0 Å². The van der Waals surface area contributed by atoms with E-state index >= 15 is 0 Å². The quantitative estimate of drug-likeness (QED) is 0.375. The molecule has 168 valence electrons. The first-order valence-corrected chi connectivity index (χ1v) is 12.4. The lowest BCUT2D eigenvalue weighted by Gasteiger charge is -2.21. The molecule has 3 aromatic rings. The second-order valence-electron chi connectivity index (χ2n) is 7.03. The van der Waals surface area contributed by atoms with Gasteiger partial charge in [-0.15, -0.1) is 10.2 Å². The third-order valence-electron chi connectivity index (χ3n) is 4.56. The van der Waals surface area contributed by atoms with Crippen LogP contribution in [-0.4, -0.2) is 46.9 Å². The van der Waals surface area contributed by atoms with Gasteiger partial charge in [0.05, 0.1) is 24.2 Å². The number of aromatic nitrogens is 3. The number of carbonyl (C=O) groups is 2. The van der Waals surface area contributed by atoms with Gasteiger partial charge >= 0.3 is 0 Å². The molecular formula is C21H23N5O4S2. The molecule has 2 aromatic carbocycles. The van der Waals surface area contributed by atoms with E-state index in [2.05, 4.69) is 15.5 Å². The molecule has 0 atom stereocenters. The van der Waals surface area contributed by atoms with Crippen LogP contribution in [-0.2, 0) is 28.4 Å². The second kappa shape index (κ2) is 9.96. The minimum atomic E-state index is -3.53. The van der Waals surface area contributed by atoms with Crippen LogP contribution < -0.4 is 9.62 Å². The summed E-state index contributed by atoms with van der Waals surface area (Å²) in [6.45, 7) is 1.50. The highest BCUT2D eigenvalue weighted by Gasteiger charge is 2.21. The summed E-state index contributed by atoms with van der Waals surface area (Å²) in [5.41, 5.74) is 1.69. The molecule has 0 saturated carbocycles. The van der Waals surface area contributed by atoms with Crippen LogP contribution in [0.5, 0.6) is 0 Å². The van der Waals surface area contributed by atoms with Crippen LogP contribution in [0, 0.1) is 0 Å². The average Bonchev–Trinajstić information content (AvgIpc) is 3.10. The first-order chi connectivity index (χ1) is 15.1. The Morgan fingerprint density at radius 3 is 2.31 bits per heavy atom. The standard InChI is InChI=1S/C21H23N5O4S2/c1-15(27)16-9-11-17(12-10-16)22-20(28)14-31-21-24-23-19(25(21)2)13-26(32(3,29)30)18-7-5-4-6-8-18/h4-12H,13-14H2,1-3H3,(H,22,28). The first kappa shape index (κ1) is 23.5. The Morgan fingerprint density at radius 1 is 1.06 bits per heavy atom. The molecule has 1 amide bonds. The van der Waals surface area contributed by atoms with Crippen molar-refractivity contribution in [1.82, 2.24) is 14.8 Å². The average molecular weight is 474 g/mol. The zero-order valence-corrected chi connectivity index (χ0v) is 19.5. The molecule has 0 aliphatic carbocycles. The van der Waals surface area contributed by atoms with Gasteiger partial charge < -0.3 is 9.88 Å². The number of anilines is 2. The number of hydrogen-bond acceptors (Lipinski definition) is 7. The van der Waals surface area contributed by atoms with Crippen LogP contribution in [0.1, 0.15) is 23.1 Å². The number of Topliss-reactive ketones (excluding diaryl/α,β-unsaturated/α-hetero) is 1. The molecular weight excluding hydrogens is 450 g/mol. The molecule has 0 saturated heterocycles. The Morgan fingerprint density at radius 2 is 1.72 bits per heavy atom. The number of nitrogens with one attached hydrogen (secondary N) is 1. The number of ketones is 1. The third-order valence-corrected chi connectivity index (χ3v) is 6.72. The summed E-state index contributed by atoms with van der Waals surface area (Å²) in [7, 11) is -1.81. The van der Waals surface area contributed by atoms with Crippen molar-refractivity contribution in [3.63, 3.8) is 0 Å². The van der Waals surface area contributed by atoms with Gasteiger partial charge in [-0.1, -0.05) is 30.0 Å². The van der Waals surface area contributed by atoms with E-state index in [-0.39, 0.29) is 24.0 Å². The van der Waals surface area contributed by atoms with E-state index in [1.54, 1.807) is 60.1 Å². The number of sulfonamides is 1. The Hall–Kier alpha value is -3.18. The lowest BCUT2D eigenvalue weighted by Crippen LogP contribution is -2.30.